The maximum atomic E-state index is 11.2. The number of rotatable bonds is 12. The van der Waals surface area contributed by atoms with Crippen molar-refractivity contribution in [2.45, 2.75) is 50.4 Å². The molecule has 4 aromatic rings. The van der Waals surface area contributed by atoms with Gasteiger partial charge in [-0.15, -0.1) is 0 Å². The Morgan fingerprint density at radius 2 is 1.85 bits per heavy atom. The van der Waals surface area contributed by atoms with Crippen LogP contribution in [-0.4, -0.2) is 26.9 Å². The van der Waals surface area contributed by atoms with Crippen molar-refractivity contribution in [3.63, 3.8) is 0 Å². The molecule has 3 aromatic carbocycles. The highest BCUT2D eigenvalue weighted by Gasteiger charge is 2.38. The van der Waals surface area contributed by atoms with Gasteiger partial charge in [0.05, 0.1) is 16.8 Å². The third-order valence-electron chi connectivity index (χ3n) is 7.77. The number of aliphatic hydroxyl groups is 1. The highest BCUT2D eigenvalue weighted by molar-refractivity contribution is 7.99. The Kier molecular flexibility index (Phi) is 9.18. The van der Waals surface area contributed by atoms with Crippen LogP contribution in [0, 0.1) is 11.8 Å². The minimum atomic E-state index is -0.899. The zero-order valence-electron chi connectivity index (χ0n) is 23.5. The molecule has 0 spiro atoms. The molecule has 212 valence electrons. The molecule has 1 aromatic heterocycles. The molecule has 1 saturated carbocycles. The molecule has 6 heteroatoms. The first-order valence-corrected chi connectivity index (χ1v) is 15.6. The fourth-order valence-electron chi connectivity index (χ4n) is 5.44. The number of pyridine rings is 1. The molecule has 0 aliphatic heterocycles. The summed E-state index contributed by atoms with van der Waals surface area (Å²) in [5.74, 6) is 1.03. The van der Waals surface area contributed by atoms with E-state index in [0.29, 0.717) is 16.9 Å². The van der Waals surface area contributed by atoms with Gasteiger partial charge < -0.3 is 10.2 Å². The lowest BCUT2D eigenvalue weighted by atomic mass is 9.90. The molecule has 0 amide bonds. The number of halogens is 1. The summed E-state index contributed by atoms with van der Waals surface area (Å²) in [6.45, 7) is 3.67. The number of thioether (sulfide) groups is 1. The van der Waals surface area contributed by atoms with E-state index in [0.717, 1.165) is 52.7 Å². The van der Waals surface area contributed by atoms with Crippen LogP contribution in [0.2, 0.25) is 5.02 Å². The fraction of sp³-hybridized carbons (Fsp3) is 0.314. The van der Waals surface area contributed by atoms with E-state index in [2.05, 4.69) is 42.5 Å². The van der Waals surface area contributed by atoms with E-state index in [4.69, 9.17) is 16.6 Å². The van der Waals surface area contributed by atoms with Gasteiger partial charge in [0.25, 0.3) is 0 Å². The zero-order valence-corrected chi connectivity index (χ0v) is 25.0. The van der Waals surface area contributed by atoms with Crippen molar-refractivity contribution < 1.29 is 15.0 Å². The van der Waals surface area contributed by atoms with E-state index in [1.807, 2.05) is 74.1 Å². The number of carboxylic acid groups (broad SMARTS) is 1. The molecule has 1 heterocycles. The molecule has 1 aliphatic rings. The topological polar surface area (TPSA) is 70.4 Å². The number of carboxylic acids is 1. The number of nitrogens with zero attached hydrogens (tertiary/aromatic N) is 1. The van der Waals surface area contributed by atoms with Gasteiger partial charge in [0.2, 0.25) is 0 Å². The van der Waals surface area contributed by atoms with Gasteiger partial charge >= 0.3 is 5.97 Å². The van der Waals surface area contributed by atoms with Crippen LogP contribution in [0.5, 0.6) is 0 Å². The zero-order chi connectivity index (χ0) is 29.0. The van der Waals surface area contributed by atoms with Crippen molar-refractivity contribution >= 4 is 52.4 Å². The maximum absolute atomic E-state index is 11.2. The molecule has 3 atom stereocenters. The molecule has 1 fully saturated rings. The summed E-state index contributed by atoms with van der Waals surface area (Å²) in [4.78, 5) is 15.9. The predicted octanol–water partition coefficient (Wildman–Crippen LogP) is 8.80. The van der Waals surface area contributed by atoms with Crippen LogP contribution in [0.15, 0.2) is 78.9 Å². The fourth-order valence-corrected chi connectivity index (χ4v) is 7.12. The van der Waals surface area contributed by atoms with Crippen LogP contribution in [0.4, 0.5) is 0 Å². The quantitative estimate of drug-likeness (QED) is 0.174. The Morgan fingerprint density at radius 1 is 1.05 bits per heavy atom. The van der Waals surface area contributed by atoms with Crippen molar-refractivity contribution in [3.05, 3.63) is 112 Å². The second kappa shape index (κ2) is 12.8. The first-order valence-electron chi connectivity index (χ1n) is 14.1. The van der Waals surface area contributed by atoms with E-state index in [1.165, 1.54) is 11.1 Å². The van der Waals surface area contributed by atoms with Crippen LogP contribution in [0.1, 0.15) is 66.3 Å². The number of benzene rings is 3. The number of hydrogen-bond acceptors (Lipinski definition) is 4. The van der Waals surface area contributed by atoms with Crippen molar-refractivity contribution in [2.75, 3.05) is 5.75 Å². The molecule has 0 saturated heterocycles. The van der Waals surface area contributed by atoms with Gasteiger partial charge in [0.15, 0.2) is 0 Å². The maximum Gasteiger partial charge on any atom is 0.303 e. The summed E-state index contributed by atoms with van der Waals surface area (Å²) >= 11 is 8.10. The lowest BCUT2D eigenvalue weighted by Gasteiger charge is -2.23. The molecular weight excluding hydrogens is 550 g/mol. The molecular formula is C35H36ClNO3S. The predicted molar refractivity (Wildman–Crippen MR) is 171 cm³/mol. The SMILES string of the molecule is CC(C)(O)c1ccccc1CC[C@@H](SCC1CC1CC(=O)O)c1cccc(C=Cc2ccc3ccc(Cl)cc3n2)c1. The molecule has 0 bridgehead atoms. The third-order valence-corrected chi connectivity index (χ3v) is 9.54. The first kappa shape index (κ1) is 29.4. The van der Waals surface area contributed by atoms with E-state index in [-0.39, 0.29) is 11.7 Å². The smallest absolute Gasteiger partial charge is 0.303 e. The largest absolute Gasteiger partial charge is 0.481 e. The van der Waals surface area contributed by atoms with E-state index in [1.54, 1.807) is 0 Å². The Labute approximate surface area is 251 Å². The lowest BCUT2D eigenvalue weighted by molar-refractivity contribution is -0.137. The van der Waals surface area contributed by atoms with Gasteiger partial charge in [-0.1, -0.05) is 78.3 Å². The molecule has 2 N–H and O–H groups in total. The molecule has 2 unspecified atom stereocenters. The summed E-state index contributed by atoms with van der Waals surface area (Å²) in [5, 5.41) is 21.9. The summed E-state index contributed by atoms with van der Waals surface area (Å²) in [5.41, 5.74) is 5.34. The molecule has 1 aliphatic carbocycles. The van der Waals surface area contributed by atoms with E-state index in [9.17, 15) is 15.0 Å². The summed E-state index contributed by atoms with van der Waals surface area (Å²) in [6, 6.07) is 26.6. The van der Waals surface area contributed by atoms with Crippen molar-refractivity contribution in [1.82, 2.24) is 4.98 Å². The minimum Gasteiger partial charge on any atom is -0.481 e. The van der Waals surface area contributed by atoms with Crippen LogP contribution < -0.4 is 0 Å². The average molecular weight is 586 g/mol. The normalized spacial score (nSPS) is 17.7. The lowest BCUT2D eigenvalue weighted by Crippen LogP contribution is -2.18. The van der Waals surface area contributed by atoms with Gasteiger partial charge in [-0.25, -0.2) is 4.98 Å². The summed E-state index contributed by atoms with van der Waals surface area (Å²) < 4.78 is 0. The van der Waals surface area contributed by atoms with Gasteiger partial charge in [0, 0.05) is 22.1 Å². The van der Waals surface area contributed by atoms with Crippen LogP contribution >= 0.6 is 23.4 Å². The second-order valence-corrected chi connectivity index (χ2v) is 13.2. The standard InChI is InChI=1S/C35H36ClNO3S/c1-35(2,40)31-9-4-3-7-24(31)13-17-33(41-22-28-19-27(28)20-34(38)39)26-8-5-6-23(18-26)10-15-30-16-12-25-11-14-29(36)21-32(25)37-30/h3-12,14-16,18,21,27-28,33,40H,13,17,19-20,22H2,1-2H3,(H,38,39)/t27?,28?,33-/m1/s1. The highest BCUT2D eigenvalue weighted by atomic mass is 35.5. The number of fused-ring (bicyclic) bond motifs is 1. The monoisotopic (exact) mass is 585 g/mol. The average Bonchev–Trinajstić information content (AvgIpc) is 3.68. The Hall–Kier alpha value is -3.12. The second-order valence-electron chi connectivity index (χ2n) is 11.5. The van der Waals surface area contributed by atoms with Crippen molar-refractivity contribution in [3.8, 4) is 0 Å². The van der Waals surface area contributed by atoms with Crippen LogP contribution in [0.3, 0.4) is 0 Å². The third kappa shape index (κ3) is 8.00. The Bertz CT molecular complexity index is 1560. The van der Waals surface area contributed by atoms with Crippen molar-refractivity contribution in [2.24, 2.45) is 11.8 Å². The molecule has 4 nitrogen and oxygen atoms in total. The van der Waals surface area contributed by atoms with Gasteiger partial charge in [-0.3, -0.25) is 4.79 Å². The molecule has 41 heavy (non-hydrogen) atoms. The molecule has 5 rings (SSSR count). The molecule has 0 radical (unpaired) electrons. The Balaban J connectivity index is 1.34. The highest BCUT2D eigenvalue weighted by Crippen LogP contribution is 2.47. The number of carbonyl (C=O) groups is 1. The summed E-state index contributed by atoms with van der Waals surface area (Å²) in [6.07, 6.45) is 7.17. The Morgan fingerprint density at radius 3 is 2.66 bits per heavy atom. The van der Waals surface area contributed by atoms with Gasteiger partial charge in [0.1, 0.15) is 0 Å². The van der Waals surface area contributed by atoms with Gasteiger partial charge in [-0.2, -0.15) is 11.8 Å². The van der Waals surface area contributed by atoms with Crippen LogP contribution in [-0.2, 0) is 16.8 Å². The summed E-state index contributed by atoms with van der Waals surface area (Å²) in [7, 11) is 0. The van der Waals surface area contributed by atoms with E-state index >= 15 is 0 Å². The number of aliphatic carboxylic acids is 1. The van der Waals surface area contributed by atoms with Crippen molar-refractivity contribution in [1.29, 1.82) is 0 Å². The minimum absolute atomic E-state index is 0.255. The van der Waals surface area contributed by atoms with Crippen LogP contribution in [0.25, 0.3) is 23.1 Å². The van der Waals surface area contributed by atoms with Gasteiger partial charge in [-0.05, 0) is 97.2 Å². The first-order chi connectivity index (χ1) is 19.7. The number of aromatic nitrogens is 1. The number of aryl methyl sites for hydroxylation is 1. The van der Waals surface area contributed by atoms with E-state index < -0.39 is 11.6 Å². The number of hydrogen-bond donors (Lipinski definition) is 2.